The first-order valence-corrected chi connectivity index (χ1v) is 6.51. The summed E-state index contributed by atoms with van der Waals surface area (Å²) in [5.41, 5.74) is 6.16. The molecule has 0 aromatic carbocycles. The first-order valence-electron chi connectivity index (χ1n) is 5.33. The summed E-state index contributed by atoms with van der Waals surface area (Å²) in [6.45, 7) is 5.82. The number of rotatable bonds is 5. The van der Waals surface area contributed by atoms with Crippen LogP contribution in [0.2, 0.25) is 0 Å². The van der Waals surface area contributed by atoms with Crippen molar-refractivity contribution in [2.45, 2.75) is 39.2 Å². The van der Waals surface area contributed by atoms with Crippen LogP contribution in [0.15, 0.2) is 0 Å². The Morgan fingerprint density at radius 1 is 1.53 bits per heavy atom. The van der Waals surface area contributed by atoms with Gasteiger partial charge in [0.15, 0.2) is 0 Å². The van der Waals surface area contributed by atoms with Crippen LogP contribution < -0.4 is 11.1 Å². The molecule has 94 valence electrons. The fraction of sp³-hybridized carbons (Fsp3) is 0.600. The van der Waals surface area contributed by atoms with E-state index in [9.17, 15) is 4.79 Å². The number of carbonyl (C=O) groups excluding carboxylic acids is 1. The number of nitrogens with zero attached hydrogens (tertiary/aromatic N) is 2. The van der Waals surface area contributed by atoms with Crippen molar-refractivity contribution in [3.8, 4) is 0 Å². The lowest BCUT2D eigenvalue weighted by molar-refractivity contribution is 0.0944. The average molecular weight is 272 g/mol. The van der Waals surface area contributed by atoms with Crippen LogP contribution in [0.1, 0.15) is 48.5 Å². The molecule has 3 N–H and O–H groups in total. The highest BCUT2D eigenvalue weighted by atomic mass is 32.1. The normalized spacial score (nSPS) is 12.5. The molecule has 1 aromatic heterocycles. The highest BCUT2D eigenvalue weighted by molar-refractivity contribution is 7.80. The molecule has 1 rings (SSSR count). The number of nitrogens with two attached hydrogens (primary N) is 1. The molecule has 1 amide bonds. The maximum atomic E-state index is 12.0. The SMILES string of the molecule is CC(CC(N)=S)NC(=O)c1snnc1C(C)C. The molecular weight excluding hydrogens is 256 g/mol. The summed E-state index contributed by atoms with van der Waals surface area (Å²) in [7, 11) is 0. The Labute approximate surface area is 110 Å². The number of hydrogen-bond donors (Lipinski definition) is 2. The molecule has 5 nitrogen and oxygen atoms in total. The van der Waals surface area contributed by atoms with Gasteiger partial charge < -0.3 is 11.1 Å². The zero-order valence-corrected chi connectivity index (χ0v) is 11.7. The molecule has 0 bridgehead atoms. The van der Waals surface area contributed by atoms with E-state index in [-0.39, 0.29) is 17.9 Å². The summed E-state index contributed by atoms with van der Waals surface area (Å²) in [6.07, 6.45) is 0.490. The second-order valence-electron chi connectivity index (χ2n) is 4.19. The third kappa shape index (κ3) is 4.01. The van der Waals surface area contributed by atoms with Crippen LogP contribution >= 0.6 is 23.8 Å². The Balaban J connectivity index is 2.70. The molecule has 0 saturated heterocycles. The van der Waals surface area contributed by atoms with Gasteiger partial charge in [-0.1, -0.05) is 30.6 Å². The quantitative estimate of drug-likeness (QED) is 0.793. The van der Waals surface area contributed by atoms with Gasteiger partial charge in [0.25, 0.3) is 5.91 Å². The number of amides is 1. The Kier molecular flexibility index (Phi) is 4.95. The first-order chi connectivity index (χ1) is 7.91. The van der Waals surface area contributed by atoms with Crippen LogP contribution in [0.3, 0.4) is 0 Å². The molecule has 0 radical (unpaired) electrons. The van der Waals surface area contributed by atoms with E-state index in [0.29, 0.717) is 16.3 Å². The maximum Gasteiger partial charge on any atom is 0.265 e. The van der Waals surface area contributed by atoms with E-state index in [1.807, 2.05) is 20.8 Å². The number of aromatic nitrogens is 2. The number of carbonyl (C=O) groups is 1. The van der Waals surface area contributed by atoms with Crippen molar-refractivity contribution >= 4 is 34.6 Å². The molecule has 1 unspecified atom stereocenters. The lowest BCUT2D eigenvalue weighted by Gasteiger charge is -2.12. The molecule has 0 fully saturated rings. The largest absolute Gasteiger partial charge is 0.393 e. The van der Waals surface area contributed by atoms with Gasteiger partial charge in [-0.3, -0.25) is 4.79 Å². The second-order valence-corrected chi connectivity index (χ2v) is 5.47. The molecule has 17 heavy (non-hydrogen) atoms. The van der Waals surface area contributed by atoms with Gasteiger partial charge in [-0.2, -0.15) is 0 Å². The highest BCUT2D eigenvalue weighted by Crippen LogP contribution is 2.19. The number of nitrogens with one attached hydrogen (secondary N) is 1. The minimum atomic E-state index is -0.160. The van der Waals surface area contributed by atoms with Gasteiger partial charge in [0.2, 0.25) is 0 Å². The van der Waals surface area contributed by atoms with Crippen molar-refractivity contribution in [2.24, 2.45) is 5.73 Å². The smallest absolute Gasteiger partial charge is 0.265 e. The van der Waals surface area contributed by atoms with Crippen LogP contribution in [0, 0.1) is 0 Å². The lowest BCUT2D eigenvalue weighted by atomic mass is 10.1. The molecular formula is C10H16N4OS2. The van der Waals surface area contributed by atoms with Crippen molar-refractivity contribution < 1.29 is 4.79 Å². The Morgan fingerprint density at radius 2 is 2.18 bits per heavy atom. The van der Waals surface area contributed by atoms with Crippen LogP contribution in [0.5, 0.6) is 0 Å². The van der Waals surface area contributed by atoms with Crippen molar-refractivity contribution in [1.29, 1.82) is 0 Å². The molecule has 0 aliphatic heterocycles. The van der Waals surface area contributed by atoms with Gasteiger partial charge in [-0.25, -0.2) is 0 Å². The van der Waals surface area contributed by atoms with Crippen molar-refractivity contribution in [1.82, 2.24) is 14.9 Å². The molecule has 0 spiro atoms. The minimum absolute atomic E-state index is 0.0814. The highest BCUT2D eigenvalue weighted by Gasteiger charge is 2.19. The van der Waals surface area contributed by atoms with Crippen molar-refractivity contribution in [3.63, 3.8) is 0 Å². The molecule has 0 aliphatic carbocycles. The summed E-state index contributed by atoms with van der Waals surface area (Å²) in [5, 5.41) is 6.80. The molecule has 1 aromatic rings. The Morgan fingerprint density at radius 3 is 2.71 bits per heavy atom. The predicted octanol–water partition coefficient (Wildman–Crippen LogP) is 1.46. The van der Waals surface area contributed by atoms with Crippen LogP contribution in [0.25, 0.3) is 0 Å². The Hall–Kier alpha value is -1.08. The van der Waals surface area contributed by atoms with E-state index in [0.717, 1.165) is 17.2 Å². The zero-order chi connectivity index (χ0) is 13.0. The number of thiocarbonyl (C=S) groups is 1. The van der Waals surface area contributed by atoms with Gasteiger partial charge in [-0.15, -0.1) is 5.10 Å². The predicted molar refractivity (Wildman–Crippen MR) is 72.3 cm³/mol. The monoisotopic (exact) mass is 272 g/mol. The summed E-state index contributed by atoms with van der Waals surface area (Å²) in [5.74, 6) is 0.0211. The lowest BCUT2D eigenvalue weighted by Crippen LogP contribution is -2.35. The maximum absolute atomic E-state index is 12.0. The zero-order valence-electron chi connectivity index (χ0n) is 10.1. The fourth-order valence-corrected chi connectivity index (χ4v) is 2.35. The van der Waals surface area contributed by atoms with E-state index >= 15 is 0 Å². The standard InChI is InChI=1S/C10H16N4OS2/c1-5(2)8-9(17-14-13-8)10(15)12-6(3)4-7(11)16/h5-6H,4H2,1-3H3,(H2,11,16)(H,12,15). The summed E-state index contributed by atoms with van der Waals surface area (Å²) in [4.78, 5) is 12.9. The van der Waals surface area contributed by atoms with Crippen molar-refractivity contribution in [2.75, 3.05) is 0 Å². The van der Waals surface area contributed by atoms with Gasteiger partial charge in [-0.05, 0) is 24.4 Å². The fourth-order valence-electron chi connectivity index (χ4n) is 1.37. The van der Waals surface area contributed by atoms with Crippen molar-refractivity contribution in [3.05, 3.63) is 10.6 Å². The van der Waals surface area contributed by atoms with Gasteiger partial charge in [0, 0.05) is 12.5 Å². The molecule has 1 heterocycles. The summed E-state index contributed by atoms with van der Waals surface area (Å²) < 4.78 is 3.81. The van der Waals surface area contributed by atoms with E-state index in [4.69, 9.17) is 18.0 Å². The first kappa shape index (κ1) is 14.0. The van der Waals surface area contributed by atoms with Gasteiger partial charge in [0.05, 0.1) is 10.7 Å². The van der Waals surface area contributed by atoms with Gasteiger partial charge in [0.1, 0.15) is 4.88 Å². The summed E-state index contributed by atoms with van der Waals surface area (Å²) >= 11 is 5.91. The second kappa shape index (κ2) is 6.02. The molecule has 0 aliphatic rings. The van der Waals surface area contributed by atoms with E-state index in [1.54, 1.807) is 0 Å². The van der Waals surface area contributed by atoms with Crippen LogP contribution in [-0.4, -0.2) is 26.5 Å². The Bertz CT molecular complexity index is 416. The summed E-state index contributed by atoms with van der Waals surface area (Å²) in [6, 6.07) is -0.0814. The van der Waals surface area contributed by atoms with Crippen LogP contribution in [-0.2, 0) is 0 Å². The van der Waals surface area contributed by atoms with E-state index in [2.05, 4.69) is 14.9 Å². The average Bonchev–Trinajstić information content (AvgIpc) is 2.63. The topological polar surface area (TPSA) is 80.9 Å². The number of hydrogen-bond acceptors (Lipinski definition) is 5. The van der Waals surface area contributed by atoms with Crippen LogP contribution in [0.4, 0.5) is 0 Å². The molecule has 1 atom stereocenters. The third-order valence-corrected chi connectivity index (χ3v) is 3.06. The van der Waals surface area contributed by atoms with Gasteiger partial charge >= 0.3 is 0 Å². The van der Waals surface area contributed by atoms with E-state index < -0.39 is 0 Å². The molecule has 0 saturated carbocycles. The minimum Gasteiger partial charge on any atom is -0.393 e. The van der Waals surface area contributed by atoms with E-state index in [1.165, 1.54) is 0 Å². The third-order valence-electron chi connectivity index (χ3n) is 2.15. The molecule has 7 heteroatoms.